The summed E-state index contributed by atoms with van der Waals surface area (Å²) in [6.07, 6.45) is 2.11. The van der Waals surface area contributed by atoms with E-state index in [1.54, 1.807) is 0 Å². The van der Waals surface area contributed by atoms with Crippen LogP contribution >= 0.6 is 0 Å². The summed E-state index contributed by atoms with van der Waals surface area (Å²) in [5, 5.41) is 3.28. The maximum absolute atomic E-state index is 11.4. The Hall–Kier alpha value is -0.830. The van der Waals surface area contributed by atoms with Gasteiger partial charge in [-0.2, -0.15) is 0 Å². The molecule has 1 N–H and O–H groups in total. The van der Waals surface area contributed by atoms with Crippen molar-refractivity contribution in [3.05, 3.63) is 11.6 Å². The number of hydrogen-bond donors (Lipinski definition) is 1. The quantitative estimate of drug-likeness (QED) is 0.542. The van der Waals surface area contributed by atoms with Crippen LogP contribution in [-0.4, -0.2) is 25.2 Å². The molecule has 0 spiro atoms. The van der Waals surface area contributed by atoms with E-state index >= 15 is 0 Å². The highest BCUT2D eigenvalue weighted by Crippen LogP contribution is 2.05. The highest BCUT2D eigenvalue weighted by molar-refractivity contribution is 5.72. The molecule has 0 bridgehead atoms. The Labute approximate surface area is 92.9 Å². The third-order valence-electron chi connectivity index (χ3n) is 2.36. The number of carbonyl (C=O) groups is 1. The first-order valence-corrected chi connectivity index (χ1v) is 5.52. The van der Waals surface area contributed by atoms with Crippen LogP contribution in [-0.2, 0) is 9.53 Å². The lowest BCUT2D eigenvalue weighted by Crippen LogP contribution is -2.37. The summed E-state index contributed by atoms with van der Waals surface area (Å²) in [4.78, 5) is 11.4. The second-order valence-electron chi connectivity index (χ2n) is 4.02. The Morgan fingerprint density at radius 1 is 1.40 bits per heavy atom. The normalized spacial score (nSPS) is 14.2. The Balaban J connectivity index is 3.93. The van der Waals surface area contributed by atoms with Gasteiger partial charge in [-0.3, -0.25) is 4.79 Å². The van der Waals surface area contributed by atoms with Gasteiger partial charge in [0, 0.05) is 12.6 Å². The molecule has 15 heavy (non-hydrogen) atoms. The third-order valence-corrected chi connectivity index (χ3v) is 2.36. The van der Waals surface area contributed by atoms with E-state index < -0.39 is 0 Å². The van der Waals surface area contributed by atoms with Crippen LogP contribution in [0.5, 0.6) is 0 Å². The van der Waals surface area contributed by atoms with Crippen molar-refractivity contribution in [1.29, 1.82) is 0 Å². The smallest absolute Gasteiger partial charge is 0.310 e. The lowest BCUT2D eigenvalue weighted by atomic mass is 10.0. The average Bonchev–Trinajstić information content (AvgIpc) is 2.16. The Kier molecular flexibility index (Phi) is 7.05. The average molecular weight is 213 g/mol. The summed E-state index contributed by atoms with van der Waals surface area (Å²) in [5.41, 5.74) is 1.28. The van der Waals surface area contributed by atoms with E-state index in [0.29, 0.717) is 6.61 Å². The van der Waals surface area contributed by atoms with Gasteiger partial charge in [-0.1, -0.05) is 18.6 Å². The van der Waals surface area contributed by atoms with Crippen LogP contribution in [0.3, 0.4) is 0 Å². The molecule has 0 aliphatic rings. The van der Waals surface area contributed by atoms with Gasteiger partial charge in [0.1, 0.15) is 0 Å². The number of esters is 1. The summed E-state index contributed by atoms with van der Waals surface area (Å²) >= 11 is 0. The number of hydrogen-bond acceptors (Lipinski definition) is 3. The Bertz CT molecular complexity index is 220. The third kappa shape index (κ3) is 6.28. The molecule has 2 atom stereocenters. The van der Waals surface area contributed by atoms with Crippen molar-refractivity contribution in [2.24, 2.45) is 5.92 Å². The van der Waals surface area contributed by atoms with Crippen molar-refractivity contribution in [1.82, 2.24) is 5.32 Å². The van der Waals surface area contributed by atoms with Crippen molar-refractivity contribution in [3.63, 3.8) is 0 Å². The van der Waals surface area contributed by atoms with Crippen LogP contribution < -0.4 is 5.32 Å². The molecule has 0 amide bonds. The first kappa shape index (κ1) is 14.2. The van der Waals surface area contributed by atoms with Gasteiger partial charge >= 0.3 is 5.97 Å². The maximum atomic E-state index is 11.4. The van der Waals surface area contributed by atoms with Gasteiger partial charge in [-0.15, -0.1) is 0 Å². The van der Waals surface area contributed by atoms with Gasteiger partial charge in [0.25, 0.3) is 0 Å². The number of carbonyl (C=O) groups excluding carboxylic acids is 1. The maximum Gasteiger partial charge on any atom is 0.310 e. The van der Waals surface area contributed by atoms with Gasteiger partial charge in [0.15, 0.2) is 0 Å². The molecule has 0 rings (SSSR count). The van der Waals surface area contributed by atoms with E-state index in [9.17, 15) is 4.79 Å². The van der Waals surface area contributed by atoms with E-state index in [1.165, 1.54) is 5.57 Å². The highest BCUT2D eigenvalue weighted by Gasteiger charge is 2.20. The molecule has 88 valence electrons. The van der Waals surface area contributed by atoms with E-state index in [0.717, 1.165) is 6.54 Å². The van der Waals surface area contributed by atoms with E-state index in [2.05, 4.69) is 25.2 Å². The topological polar surface area (TPSA) is 38.3 Å². The molecule has 0 unspecified atom stereocenters. The van der Waals surface area contributed by atoms with Crippen molar-refractivity contribution in [2.45, 2.75) is 40.7 Å². The molecule has 3 heteroatoms. The van der Waals surface area contributed by atoms with Gasteiger partial charge in [0.2, 0.25) is 0 Å². The standard InChI is InChI=1S/C12H23NO2/c1-6-15-12(14)10(4)11(5)13-8-7-9(2)3/h7,10-11,13H,6,8H2,1-5H3/t10-,11-/m1/s1. The fourth-order valence-electron chi connectivity index (χ4n) is 1.10. The van der Waals surface area contributed by atoms with Gasteiger partial charge in [0.05, 0.1) is 12.5 Å². The molecular formula is C12H23NO2. The molecule has 0 aromatic heterocycles. The van der Waals surface area contributed by atoms with Gasteiger partial charge in [-0.05, 0) is 27.7 Å². The van der Waals surface area contributed by atoms with Crippen LogP contribution in [0, 0.1) is 5.92 Å². The van der Waals surface area contributed by atoms with E-state index in [-0.39, 0.29) is 17.9 Å². The minimum Gasteiger partial charge on any atom is -0.466 e. The highest BCUT2D eigenvalue weighted by atomic mass is 16.5. The van der Waals surface area contributed by atoms with Crippen molar-refractivity contribution >= 4 is 5.97 Å². The summed E-state index contributed by atoms with van der Waals surface area (Å²) in [6, 6.07) is 0.139. The first-order valence-electron chi connectivity index (χ1n) is 5.52. The second-order valence-corrected chi connectivity index (χ2v) is 4.02. The zero-order valence-corrected chi connectivity index (χ0v) is 10.5. The van der Waals surface area contributed by atoms with E-state index in [4.69, 9.17) is 4.74 Å². The largest absolute Gasteiger partial charge is 0.466 e. The first-order chi connectivity index (χ1) is 6.99. The van der Waals surface area contributed by atoms with Crippen molar-refractivity contribution < 1.29 is 9.53 Å². The van der Waals surface area contributed by atoms with Crippen LogP contribution in [0.1, 0.15) is 34.6 Å². The lowest BCUT2D eigenvalue weighted by molar-refractivity contribution is -0.148. The van der Waals surface area contributed by atoms with E-state index in [1.807, 2.05) is 20.8 Å². The van der Waals surface area contributed by atoms with Crippen LogP contribution in [0.15, 0.2) is 11.6 Å². The summed E-state index contributed by atoms with van der Waals surface area (Å²) in [7, 11) is 0. The Morgan fingerprint density at radius 3 is 2.47 bits per heavy atom. The summed E-state index contributed by atoms with van der Waals surface area (Å²) in [5.74, 6) is -0.231. The number of nitrogens with one attached hydrogen (secondary N) is 1. The SMILES string of the molecule is CCOC(=O)[C@H](C)[C@@H](C)NCC=C(C)C. The zero-order chi connectivity index (χ0) is 11.8. The molecule has 0 radical (unpaired) electrons. The minimum absolute atomic E-state index is 0.101. The van der Waals surface area contributed by atoms with Gasteiger partial charge in [-0.25, -0.2) is 0 Å². The molecule has 3 nitrogen and oxygen atoms in total. The molecule has 0 fully saturated rings. The fourth-order valence-corrected chi connectivity index (χ4v) is 1.10. The monoisotopic (exact) mass is 213 g/mol. The molecule has 0 aromatic carbocycles. The molecule has 0 heterocycles. The number of rotatable bonds is 6. The van der Waals surface area contributed by atoms with Gasteiger partial charge < -0.3 is 10.1 Å². The number of allylic oxidation sites excluding steroid dienone is 1. The molecule has 0 aromatic rings. The molecule has 0 aliphatic carbocycles. The summed E-state index contributed by atoms with van der Waals surface area (Å²) < 4.78 is 4.96. The summed E-state index contributed by atoms with van der Waals surface area (Å²) in [6.45, 7) is 11.1. The van der Waals surface area contributed by atoms with Crippen molar-refractivity contribution in [3.8, 4) is 0 Å². The fraction of sp³-hybridized carbons (Fsp3) is 0.750. The lowest BCUT2D eigenvalue weighted by Gasteiger charge is -2.19. The Morgan fingerprint density at radius 2 is 2.00 bits per heavy atom. The van der Waals surface area contributed by atoms with Crippen molar-refractivity contribution in [2.75, 3.05) is 13.2 Å². The predicted octanol–water partition coefficient (Wildman–Crippen LogP) is 2.13. The van der Waals surface area contributed by atoms with Crippen LogP contribution in [0.4, 0.5) is 0 Å². The molecule has 0 saturated carbocycles. The second kappa shape index (κ2) is 7.46. The number of ether oxygens (including phenoxy) is 1. The molecular weight excluding hydrogens is 190 g/mol. The van der Waals surface area contributed by atoms with Crippen LogP contribution in [0.25, 0.3) is 0 Å². The van der Waals surface area contributed by atoms with Crippen LogP contribution in [0.2, 0.25) is 0 Å². The zero-order valence-electron chi connectivity index (χ0n) is 10.5. The molecule has 0 aliphatic heterocycles. The predicted molar refractivity (Wildman–Crippen MR) is 62.7 cm³/mol. The minimum atomic E-state index is -0.130. The molecule has 0 saturated heterocycles.